The second-order valence-corrected chi connectivity index (χ2v) is 10.2. The normalized spacial score (nSPS) is 16.1. The fourth-order valence-corrected chi connectivity index (χ4v) is 6.62. The van der Waals surface area contributed by atoms with E-state index in [-0.39, 0.29) is 0 Å². The van der Waals surface area contributed by atoms with E-state index in [0.717, 1.165) is 32.1 Å². The van der Waals surface area contributed by atoms with Crippen molar-refractivity contribution in [3.05, 3.63) is 123 Å². The van der Waals surface area contributed by atoms with Crippen LogP contribution in [0.4, 0.5) is 0 Å². The Morgan fingerprint density at radius 2 is 1.09 bits per heavy atom. The summed E-state index contributed by atoms with van der Waals surface area (Å²) in [5, 5.41) is 0. The average Bonchev–Trinajstić information content (AvgIpc) is 2.81. The zero-order valence-electron chi connectivity index (χ0n) is 19.2. The quantitative estimate of drug-likeness (QED) is 0.270. The molecule has 12 bridgehead atoms. The summed E-state index contributed by atoms with van der Waals surface area (Å²) in [6.07, 6.45) is 7.89. The molecule has 0 atom stereocenters. The minimum atomic E-state index is 0.577. The molecule has 0 saturated heterocycles. The zero-order valence-corrected chi connectivity index (χ0v) is 19.2. The van der Waals surface area contributed by atoms with E-state index in [4.69, 9.17) is 0 Å². The van der Waals surface area contributed by atoms with E-state index in [1.807, 2.05) is 0 Å². The molecule has 0 unspecified atom stereocenters. The molecule has 0 fully saturated rings. The van der Waals surface area contributed by atoms with Gasteiger partial charge in [-0.2, -0.15) is 0 Å². The number of allylic oxidation sites excluding steroid dienone is 1. The summed E-state index contributed by atoms with van der Waals surface area (Å²) in [4.78, 5) is 0. The first-order chi connectivity index (χ1) is 16.2. The van der Waals surface area contributed by atoms with Gasteiger partial charge in [0.05, 0.1) is 0 Å². The van der Waals surface area contributed by atoms with E-state index in [9.17, 15) is 0 Å². The van der Waals surface area contributed by atoms with Gasteiger partial charge in [-0.1, -0.05) is 84.4 Å². The van der Waals surface area contributed by atoms with E-state index >= 15 is 0 Å². The second kappa shape index (κ2) is 7.32. The smallest absolute Gasteiger partial charge is 0.00542 e. The molecule has 0 amide bonds. The molecule has 8 rings (SSSR count). The van der Waals surface area contributed by atoms with Gasteiger partial charge in [0, 0.05) is 0 Å². The summed E-state index contributed by atoms with van der Waals surface area (Å²) in [5.41, 5.74) is 17.6. The van der Waals surface area contributed by atoms with Gasteiger partial charge in [0.25, 0.3) is 0 Å². The fourth-order valence-electron chi connectivity index (χ4n) is 6.62. The summed E-state index contributed by atoms with van der Waals surface area (Å²) in [7, 11) is 0. The molecule has 4 aliphatic rings. The van der Waals surface area contributed by atoms with Crippen molar-refractivity contribution in [3.63, 3.8) is 0 Å². The van der Waals surface area contributed by atoms with Gasteiger partial charge in [-0.05, 0) is 112 Å². The molecule has 0 heteroatoms. The van der Waals surface area contributed by atoms with Gasteiger partial charge < -0.3 is 0 Å². The maximum atomic E-state index is 2.50. The van der Waals surface area contributed by atoms with Crippen LogP contribution in [0.1, 0.15) is 38.9 Å². The number of hydrogen-bond acceptors (Lipinski definition) is 0. The summed E-state index contributed by atoms with van der Waals surface area (Å²) in [5.74, 6) is 0.577. The van der Waals surface area contributed by atoms with Crippen LogP contribution < -0.4 is 0 Å². The molecule has 4 aromatic rings. The molecule has 0 aromatic heterocycles. The Labute approximate surface area is 196 Å². The largest absolute Gasteiger partial charge is 0.0617 e. The third-order valence-corrected chi connectivity index (χ3v) is 8.12. The Hall–Kier alpha value is -3.38. The average molecular weight is 425 g/mol. The highest BCUT2D eigenvalue weighted by Gasteiger charge is 2.25. The van der Waals surface area contributed by atoms with Crippen molar-refractivity contribution in [3.8, 4) is 22.3 Å². The van der Waals surface area contributed by atoms with E-state index < -0.39 is 0 Å². The fraction of sp³-hybridized carbons (Fsp3) is 0.212. The van der Waals surface area contributed by atoms with Gasteiger partial charge >= 0.3 is 0 Å². The maximum absolute atomic E-state index is 2.50. The highest BCUT2D eigenvalue weighted by molar-refractivity contribution is 5.81. The van der Waals surface area contributed by atoms with Crippen LogP contribution in [0, 0.1) is 12.8 Å². The lowest BCUT2D eigenvalue weighted by molar-refractivity contribution is 0.517. The van der Waals surface area contributed by atoms with Crippen LogP contribution >= 0.6 is 0 Å². The van der Waals surface area contributed by atoms with E-state index in [1.54, 1.807) is 0 Å². The monoisotopic (exact) mass is 424 g/mol. The summed E-state index contributed by atoms with van der Waals surface area (Å²) in [6, 6.07) is 30.4. The van der Waals surface area contributed by atoms with Gasteiger partial charge in [0.2, 0.25) is 0 Å². The van der Waals surface area contributed by atoms with Crippen molar-refractivity contribution in [2.75, 3.05) is 0 Å². The molecule has 4 aromatic carbocycles. The molecule has 0 saturated carbocycles. The molecule has 0 radical (unpaired) electrons. The van der Waals surface area contributed by atoms with Gasteiger partial charge in [0.1, 0.15) is 0 Å². The van der Waals surface area contributed by atoms with Crippen molar-refractivity contribution < 1.29 is 0 Å². The number of rotatable bonds is 0. The Morgan fingerprint density at radius 3 is 1.76 bits per heavy atom. The molecular weight excluding hydrogens is 396 g/mol. The van der Waals surface area contributed by atoms with Crippen LogP contribution in [0.15, 0.2) is 84.4 Å². The Morgan fingerprint density at radius 1 is 0.576 bits per heavy atom. The maximum Gasteiger partial charge on any atom is -0.00542 e. The van der Waals surface area contributed by atoms with Crippen molar-refractivity contribution in [1.82, 2.24) is 0 Å². The minimum Gasteiger partial charge on any atom is -0.0617 e. The highest BCUT2D eigenvalue weighted by atomic mass is 14.3. The van der Waals surface area contributed by atoms with Crippen LogP contribution in [0.2, 0.25) is 0 Å². The topological polar surface area (TPSA) is 0 Å². The third kappa shape index (κ3) is 3.12. The lowest BCUT2D eigenvalue weighted by Crippen LogP contribution is -2.17. The molecule has 0 N–H and O–H groups in total. The van der Waals surface area contributed by atoms with Crippen molar-refractivity contribution >= 4 is 6.08 Å². The lowest BCUT2D eigenvalue weighted by atomic mass is 9.76. The molecule has 160 valence electrons. The Kier molecular flexibility index (Phi) is 4.24. The number of hydrogen-bond donors (Lipinski definition) is 0. The molecule has 0 nitrogen and oxygen atoms in total. The molecule has 33 heavy (non-hydrogen) atoms. The first kappa shape index (κ1) is 19.1. The minimum absolute atomic E-state index is 0.577. The van der Waals surface area contributed by atoms with E-state index in [1.165, 1.54) is 66.8 Å². The van der Waals surface area contributed by atoms with Crippen molar-refractivity contribution in [2.45, 2.75) is 39.0 Å². The summed E-state index contributed by atoms with van der Waals surface area (Å²) < 4.78 is 0. The standard InChI is InChI=1S/C33H28/c1-21-24-6-2-7-25(21)15-23-17-27-9-3-8-26-16-22(14-24)18-28-10-4-11-29(19-23)33(28)31-13-5-12-30(20-31)32(26)27/h2-14,20,23H,15-19H2,1H3. The van der Waals surface area contributed by atoms with Crippen LogP contribution in [-0.2, 0) is 32.1 Å². The zero-order chi connectivity index (χ0) is 21.9. The van der Waals surface area contributed by atoms with Crippen LogP contribution in [-0.4, -0.2) is 0 Å². The summed E-state index contributed by atoms with van der Waals surface area (Å²) >= 11 is 0. The number of benzene rings is 4. The predicted octanol–water partition coefficient (Wildman–Crippen LogP) is 7.78. The molecule has 4 aliphatic carbocycles. The first-order valence-electron chi connectivity index (χ1n) is 12.3. The Balaban J connectivity index is 1.65. The first-order valence-corrected chi connectivity index (χ1v) is 12.3. The highest BCUT2D eigenvalue weighted by Crippen LogP contribution is 2.41. The lowest BCUT2D eigenvalue weighted by Gasteiger charge is -2.29. The summed E-state index contributed by atoms with van der Waals surface area (Å²) in [6.45, 7) is 2.33. The Bertz CT molecular complexity index is 1370. The molecule has 0 heterocycles. The van der Waals surface area contributed by atoms with Crippen LogP contribution in [0.3, 0.4) is 0 Å². The van der Waals surface area contributed by atoms with Crippen molar-refractivity contribution in [2.24, 2.45) is 5.92 Å². The van der Waals surface area contributed by atoms with Crippen LogP contribution in [0.5, 0.6) is 0 Å². The second-order valence-electron chi connectivity index (χ2n) is 10.2. The van der Waals surface area contributed by atoms with Gasteiger partial charge in [-0.15, -0.1) is 0 Å². The molecule has 0 aliphatic heterocycles. The van der Waals surface area contributed by atoms with Gasteiger partial charge in [-0.25, -0.2) is 0 Å². The predicted molar refractivity (Wildman–Crippen MR) is 138 cm³/mol. The molecule has 0 spiro atoms. The van der Waals surface area contributed by atoms with Crippen LogP contribution in [0.25, 0.3) is 28.3 Å². The third-order valence-electron chi connectivity index (χ3n) is 8.12. The van der Waals surface area contributed by atoms with E-state index in [2.05, 4.69) is 91.9 Å². The SMILES string of the molecule is Cc1c2cccc1CC1Cc3cccc4c3-c3cccc(c3)-c3c(cccc3C1)CC(=C2)C4. The van der Waals surface area contributed by atoms with Gasteiger partial charge in [-0.3, -0.25) is 0 Å². The van der Waals surface area contributed by atoms with E-state index in [0.29, 0.717) is 5.92 Å². The molecular formula is C33H28. The van der Waals surface area contributed by atoms with Gasteiger partial charge in [0.15, 0.2) is 0 Å². The van der Waals surface area contributed by atoms with Crippen molar-refractivity contribution in [1.29, 1.82) is 0 Å².